The standard InChI is InChI=1S/C10H12Br2N2O/c1-2-8(10(13)15)14-9-5-6(11)3-4-7(9)12/h3-5,8,14H,2H2,1H3,(H2,13,15). The predicted octanol–water partition coefficient (Wildman–Crippen LogP) is 2.89. The van der Waals surface area contributed by atoms with Crippen LogP contribution in [0, 0.1) is 0 Å². The number of carbonyl (C=O) groups excluding carboxylic acids is 1. The van der Waals surface area contributed by atoms with Crippen LogP contribution in [-0.2, 0) is 4.79 Å². The second-order valence-electron chi connectivity index (χ2n) is 3.13. The van der Waals surface area contributed by atoms with E-state index in [9.17, 15) is 4.79 Å². The molecule has 5 heteroatoms. The molecule has 1 rings (SSSR count). The van der Waals surface area contributed by atoms with Crippen molar-refractivity contribution in [3.63, 3.8) is 0 Å². The first kappa shape index (κ1) is 12.5. The highest BCUT2D eigenvalue weighted by Gasteiger charge is 2.13. The zero-order chi connectivity index (χ0) is 11.4. The Labute approximate surface area is 106 Å². The number of halogens is 2. The summed E-state index contributed by atoms with van der Waals surface area (Å²) in [5.74, 6) is -0.343. The van der Waals surface area contributed by atoms with Crippen molar-refractivity contribution in [1.82, 2.24) is 0 Å². The van der Waals surface area contributed by atoms with Crippen molar-refractivity contribution in [1.29, 1.82) is 0 Å². The number of anilines is 1. The van der Waals surface area contributed by atoms with Crippen LogP contribution in [-0.4, -0.2) is 11.9 Å². The van der Waals surface area contributed by atoms with Crippen LogP contribution >= 0.6 is 31.9 Å². The molecule has 0 aliphatic heterocycles. The topological polar surface area (TPSA) is 55.1 Å². The molecule has 3 nitrogen and oxygen atoms in total. The van der Waals surface area contributed by atoms with Gasteiger partial charge in [0.15, 0.2) is 0 Å². The Balaban J connectivity index is 2.87. The monoisotopic (exact) mass is 334 g/mol. The van der Waals surface area contributed by atoms with Gasteiger partial charge in [-0.2, -0.15) is 0 Å². The first-order valence-electron chi connectivity index (χ1n) is 4.55. The van der Waals surface area contributed by atoms with Crippen LogP contribution in [0.15, 0.2) is 27.1 Å². The molecule has 0 aliphatic rings. The molecule has 0 spiro atoms. The molecule has 0 bridgehead atoms. The van der Waals surface area contributed by atoms with Gasteiger partial charge in [0.1, 0.15) is 6.04 Å². The molecule has 1 amide bonds. The summed E-state index contributed by atoms with van der Waals surface area (Å²) in [7, 11) is 0. The van der Waals surface area contributed by atoms with E-state index < -0.39 is 0 Å². The number of hydrogen-bond donors (Lipinski definition) is 2. The van der Waals surface area contributed by atoms with Crippen LogP contribution in [0.5, 0.6) is 0 Å². The molecule has 15 heavy (non-hydrogen) atoms. The third kappa shape index (κ3) is 3.50. The van der Waals surface area contributed by atoms with Gasteiger partial charge in [0.05, 0.1) is 5.69 Å². The number of nitrogens with two attached hydrogens (primary N) is 1. The molecule has 1 aromatic rings. The van der Waals surface area contributed by atoms with E-state index in [1.54, 1.807) is 0 Å². The fourth-order valence-electron chi connectivity index (χ4n) is 1.17. The number of carbonyl (C=O) groups is 1. The number of hydrogen-bond acceptors (Lipinski definition) is 2. The van der Waals surface area contributed by atoms with Gasteiger partial charge >= 0.3 is 0 Å². The van der Waals surface area contributed by atoms with Gasteiger partial charge in [0, 0.05) is 8.95 Å². The van der Waals surface area contributed by atoms with Crippen molar-refractivity contribution >= 4 is 43.5 Å². The van der Waals surface area contributed by atoms with E-state index >= 15 is 0 Å². The van der Waals surface area contributed by atoms with E-state index in [0.29, 0.717) is 6.42 Å². The van der Waals surface area contributed by atoms with Crippen LogP contribution in [0.2, 0.25) is 0 Å². The highest BCUT2D eigenvalue weighted by molar-refractivity contribution is 9.11. The fraction of sp³-hybridized carbons (Fsp3) is 0.300. The third-order valence-electron chi connectivity index (χ3n) is 2.01. The van der Waals surface area contributed by atoms with Crippen molar-refractivity contribution in [2.24, 2.45) is 5.73 Å². The maximum Gasteiger partial charge on any atom is 0.239 e. The molecule has 1 atom stereocenters. The predicted molar refractivity (Wildman–Crippen MR) is 68.7 cm³/mol. The van der Waals surface area contributed by atoms with Gasteiger partial charge in [0.2, 0.25) is 5.91 Å². The Bertz CT molecular complexity index is 368. The lowest BCUT2D eigenvalue weighted by Crippen LogP contribution is -2.34. The summed E-state index contributed by atoms with van der Waals surface area (Å²) in [6.45, 7) is 1.91. The Hall–Kier alpha value is -0.550. The van der Waals surface area contributed by atoms with E-state index in [1.807, 2.05) is 25.1 Å². The highest BCUT2D eigenvalue weighted by Crippen LogP contribution is 2.26. The normalized spacial score (nSPS) is 12.2. The van der Waals surface area contributed by atoms with Gasteiger partial charge < -0.3 is 11.1 Å². The molecule has 0 fully saturated rings. The minimum absolute atomic E-state index is 0.337. The van der Waals surface area contributed by atoms with Crippen molar-refractivity contribution in [3.05, 3.63) is 27.1 Å². The Kier molecular flexibility index (Phi) is 4.60. The number of nitrogens with one attached hydrogen (secondary N) is 1. The molecule has 0 saturated carbocycles. The molecule has 1 aromatic carbocycles. The number of benzene rings is 1. The summed E-state index contributed by atoms with van der Waals surface area (Å²) >= 11 is 6.77. The molecular formula is C10H12Br2N2O. The number of primary amides is 1. The average molecular weight is 336 g/mol. The van der Waals surface area contributed by atoms with Crippen LogP contribution in [0.1, 0.15) is 13.3 Å². The van der Waals surface area contributed by atoms with Crippen molar-refractivity contribution in [2.75, 3.05) is 5.32 Å². The molecule has 0 aromatic heterocycles. The van der Waals surface area contributed by atoms with E-state index in [4.69, 9.17) is 5.73 Å². The second kappa shape index (κ2) is 5.51. The fourth-order valence-corrected chi connectivity index (χ4v) is 1.89. The summed E-state index contributed by atoms with van der Waals surface area (Å²) in [4.78, 5) is 11.1. The van der Waals surface area contributed by atoms with Gasteiger partial charge in [-0.25, -0.2) is 0 Å². The van der Waals surface area contributed by atoms with E-state index in [1.165, 1.54) is 0 Å². The van der Waals surface area contributed by atoms with Crippen molar-refractivity contribution < 1.29 is 4.79 Å². The lowest BCUT2D eigenvalue weighted by atomic mass is 10.2. The Morgan fingerprint density at radius 2 is 2.20 bits per heavy atom. The summed E-state index contributed by atoms with van der Waals surface area (Å²) in [6, 6.07) is 5.38. The Morgan fingerprint density at radius 1 is 1.53 bits per heavy atom. The molecular weight excluding hydrogens is 324 g/mol. The SMILES string of the molecule is CCC(Nc1cc(Br)ccc1Br)C(N)=O. The molecule has 82 valence electrons. The maximum atomic E-state index is 11.1. The lowest BCUT2D eigenvalue weighted by Gasteiger charge is -2.16. The molecule has 0 aliphatic carbocycles. The van der Waals surface area contributed by atoms with E-state index in [-0.39, 0.29) is 11.9 Å². The van der Waals surface area contributed by atoms with Crippen LogP contribution in [0.25, 0.3) is 0 Å². The molecule has 0 saturated heterocycles. The summed E-state index contributed by atoms with van der Waals surface area (Å²) in [5, 5.41) is 3.09. The first-order valence-corrected chi connectivity index (χ1v) is 6.14. The number of amides is 1. The molecule has 1 unspecified atom stereocenters. The van der Waals surface area contributed by atoms with Gasteiger partial charge in [-0.3, -0.25) is 4.79 Å². The first-order chi connectivity index (χ1) is 7.04. The van der Waals surface area contributed by atoms with Crippen LogP contribution in [0.3, 0.4) is 0 Å². The average Bonchev–Trinajstić information content (AvgIpc) is 2.18. The smallest absolute Gasteiger partial charge is 0.239 e. The van der Waals surface area contributed by atoms with Crippen molar-refractivity contribution in [3.8, 4) is 0 Å². The van der Waals surface area contributed by atoms with Crippen LogP contribution in [0.4, 0.5) is 5.69 Å². The van der Waals surface area contributed by atoms with Gasteiger partial charge in [0.25, 0.3) is 0 Å². The summed E-state index contributed by atoms with van der Waals surface area (Å²) < 4.78 is 1.86. The molecule has 3 N–H and O–H groups in total. The third-order valence-corrected chi connectivity index (χ3v) is 3.19. The van der Waals surface area contributed by atoms with Gasteiger partial charge in [-0.15, -0.1) is 0 Å². The zero-order valence-electron chi connectivity index (χ0n) is 8.26. The minimum atomic E-state index is -0.343. The zero-order valence-corrected chi connectivity index (χ0v) is 11.4. The summed E-state index contributed by atoms with van der Waals surface area (Å²) in [5.41, 5.74) is 6.11. The van der Waals surface area contributed by atoms with E-state index in [2.05, 4.69) is 37.2 Å². The second-order valence-corrected chi connectivity index (χ2v) is 4.90. The maximum absolute atomic E-state index is 11.1. The van der Waals surface area contributed by atoms with Crippen molar-refractivity contribution in [2.45, 2.75) is 19.4 Å². The van der Waals surface area contributed by atoms with Gasteiger partial charge in [-0.1, -0.05) is 22.9 Å². The van der Waals surface area contributed by atoms with Crippen LogP contribution < -0.4 is 11.1 Å². The number of rotatable bonds is 4. The summed E-state index contributed by atoms with van der Waals surface area (Å²) in [6.07, 6.45) is 0.661. The lowest BCUT2D eigenvalue weighted by molar-refractivity contribution is -0.118. The Morgan fingerprint density at radius 3 is 2.73 bits per heavy atom. The molecule has 0 heterocycles. The largest absolute Gasteiger partial charge is 0.373 e. The van der Waals surface area contributed by atoms with Gasteiger partial charge in [-0.05, 0) is 40.5 Å². The quantitative estimate of drug-likeness (QED) is 0.888. The van der Waals surface area contributed by atoms with E-state index in [0.717, 1.165) is 14.6 Å². The highest BCUT2D eigenvalue weighted by atomic mass is 79.9. The minimum Gasteiger partial charge on any atom is -0.373 e. The molecule has 0 radical (unpaired) electrons.